The Morgan fingerprint density at radius 2 is 2.08 bits per heavy atom. The summed E-state index contributed by atoms with van der Waals surface area (Å²) < 4.78 is 5.46. The summed E-state index contributed by atoms with van der Waals surface area (Å²) in [5.41, 5.74) is 0.510. The molecule has 2 N–H and O–H groups in total. The molecule has 1 aromatic heterocycles. The van der Waals surface area contributed by atoms with Crippen LogP contribution in [0.25, 0.3) is 0 Å². The minimum absolute atomic E-state index is 0. The molecule has 1 aliphatic rings. The molecule has 0 spiro atoms. The van der Waals surface area contributed by atoms with Crippen molar-refractivity contribution in [2.45, 2.75) is 45.8 Å². The topological polar surface area (TPSA) is 106 Å². The van der Waals surface area contributed by atoms with Gasteiger partial charge in [-0.1, -0.05) is 6.92 Å². The van der Waals surface area contributed by atoms with Gasteiger partial charge < -0.3 is 20.0 Å². The third-order valence-electron chi connectivity index (χ3n) is 3.82. The van der Waals surface area contributed by atoms with Gasteiger partial charge in [0.2, 0.25) is 5.18 Å². The molecule has 8 heteroatoms. The van der Waals surface area contributed by atoms with Crippen molar-refractivity contribution in [2.24, 2.45) is 5.18 Å². The third kappa shape index (κ3) is 4.89. The molecule has 0 unspecified atom stereocenters. The summed E-state index contributed by atoms with van der Waals surface area (Å²) in [5.74, 6) is 0.300. The number of pyridine rings is 1. The van der Waals surface area contributed by atoms with Crippen LogP contribution in [-0.2, 0) is 4.74 Å². The molecule has 1 atom stereocenters. The van der Waals surface area contributed by atoms with Crippen molar-refractivity contribution < 1.29 is 20.0 Å². The van der Waals surface area contributed by atoms with E-state index in [1.807, 2.05) is 26.8 Å². The number of nitrogens with one attached hydrogen (secondary N) is 1. The van der Waals surface area contributed by atoms with Crippen molar-refractivity contribution in [3.8, 4) is 0 Å². The Hall–Kier alpha value is -2.22. The van der Waals surface area contributed by atoms with Gasteiger partial charge in [0.15, 0.2) is 0 Å². The van der Waals surface area contributed by atoms with E-state index in [1.165, 1.54) is 0 Å². The molecule has 1 aliphatic heterocycles. The average Bonchev–Trinajstić information content (AvgIpc) is 2.52. The van der Waals surface area contributed by atoms with Crippen LogP contribution in [0.15, 0.2) is 23.5 Å². The second-order valence-corrected chi connectivity index (χ2v) is 6.71. The fraction of sp³-hybridized carbons (Fsp3) is 0.625. The van der Waals surface area contributed by atoms with E-state index in [-0.39, 0.29) is 17.6 Å². The van der Waals surface area contributed by atoms with Gasteiger partial charge in [-0.25, -0.2) is 9.78 Å². The lowest BCUT2D eigenvalue weighted by atomic mass is 10.1. The Kier molecular flexibility index (Phi) is 6.65. The van der Waals surface area contributed by atoms with Crippen molar-refractivity contribution >= 4 is 17.6 Å². The predicted octanol–water partition coefficient (Wildman–Crippen LogP) is 2.56. The number of piperazine rings is 1. The smallest absolute Gasteiger partial charge is 0.410 e. The predicted molar refractivity (Wildman–Crippen MR) is 89.6 cm³/mol. The summed E-state index contributed by atoms with van der Waals surface area (Å²) in [5, 5.41) is 2.87. The number of anilines is 1. The highest BCUT2D eigenvalue weighted by molar-refractivity contribution is 5.68. The van der Waals surface area contributed by atoms with Gasteiger partial charge in [-0.05, 0) is 38.2 Å². The molecule has 0 radical (unpaired) electrons. The number of ether oxygens (including phenoxy) is 1. The molecule has 8 nitrogen and oxygen atoms in total. The van der Waals surface area contributed by atoms with Gasteiger partial charge in [-0.2, -0.15) is 0 Å². The van der Waals surface area contributed by atoms with E-state index in [4.69, 9.17) is 4.74 Å². The van der Waals surface area contributed by atoms with Gasteiger partial charge >= 0.3 is 11.9 Å². The number of nitroso groups, excluding NO2 is 1. The van der Waals surface area contributed by atoms with Crippen LogP contribution in [0.2, 0.25) is 0 Å². The van der Waals surface area contributed by atoms with E-state index in [1.54, 1.807) is 17.2 Å². The number of amides is 1. The Morgan fingerprint density at radius 3 is 2.58 bits per heavy atom. The third-order valence-corrected chi connectivity index (χ3v) is 3.82. The summed E-state index contributed by atoms with van der Waals surface area (Å²) in [6.45, 7) is 9.67. The second kappa shape index (κ2) is 8.05. The summed E-state index contributed by atoms with van der Waals surface area (Å²) in [4.78, 5) is 29.6. The van der Waals surface area contributed by atoms with Gasteiger partial charge in [0.05, 0.1) is 5.69 Å². The molecule has 1 saturated heterocycles. The number of hydrogen-bond donors (Lipinski definition) is 0. The maximum atomic E-state index is 12.2. The lowest BCUT2D eigenvalue weighted by Gasteiger charge is -2.42. The van der Waals surface area contributed by atoms with Gasteiger partial charge in [0, 0.05) is 31.7 Å². The second-order valence-electron chi connectivity index (χ2n) is 6.71. The molecule has 134 valence electrons. The standard InChI is InChI=1S/C16H24N4O3.H2O/c1-5-12-11-19(15(21)23-16(2,3)4)8-9-20(12)13-6-7-14(18-22)17-10-13;/h6-7,10,12H,5,8-9,11H2,1-4H3;1H2/t12-;/m0./s1. The molecule has 0 aliphatic carbocycles. The SMILES string of the molecule is CC[C@H]1CN(C(=O)OC(C)(C)C)CCN1c1ccc(N=O)[nH+]c1.[OH-]. The Morgan fingerprint density at radius 1 is 1.38 bits per heavy atom. The van der Waals surface area contributed by atoms with Crippen LogP contribution in [0.3, 0.4) is 0 Å². The summed E-state index contributed by atoms with van der Waals surface area (Å²) >= 11 is 0. The number of aromatic amines is 1. The molecular formula is C16H26N4O4. The zero-order chi connectivity index (χ0) is 17.0. The number of carbonyl (C=O) groups excluding carboxylic acids is 1. The molecule has 2 heterocycles. The van der Waals surface area contributed by atoms with E-state index in [2.05, 4.69) is 22.0 Å². The van der Waals surface area contributed by atoms with Crippen LogP contribution >= 0.6 is 0 Å². The number of aromatic nitrogens is 1. The van der Waals surface area contributed by atoms with Crippen LogP contribution in [0.1, 0.15) is 34.1 Å². The van der Waals surface area contributed by atoms with E-state index in [9.17, 15) is 9.70 Å². The van der Waals surface area contributed by atoms with Crippen LogP contribution in [0.4, 0.5) is 16.3 Å². The number of hydrogen-bond acceptors (Lipinski definition) is 6. The summed E-state index contributed by atoms with van der Waals surface area (Å²) in [6.07, 6.45) is 2.43. The van der Waals surface area contributed by atoms with Gasteiger partial charge in [0.25, 0.3) is 0 Å². The number of carbonyl (C=O) groups is 1. The number of rotatable bonds is 3. The lowest BCUT2D eigenvalue weighted by molar-refractivity contribution is -0.362. The minimum Gasteiger partial charge on any atom is -0.870 e. The highest BCUT2D eigenvalue weighted by atomic mass is 16.6. The summed E-state index contributed by atoms with van der Waals surface area (Å²) in [6, 6.07) is 3.74. The first kappa shape index (κ1) is 19.8. The Balaban J connectivity index is 0.00000288. The van der Waals surface area contributed by atoms with Crippen LogP contribution < -0.4 is 9.88 Å². The Bertz CT molecular complexity index is 556. The highest BCUT2D eigenvalue weighted by Gasteiger charge is 2.31. The maximum absolute atomic E-state index is 12.2. The van der Waals surface area contributed by atoms with E-state index in [0.29, 0.717) is 18.9 Å². The van der Waals surface area contributed by atoms with E-state index in [0.717, 1.165) is 18.7 Å². The van der Waals surface area contributed by atoms with E-state index >= 15 is 0 Å². The maximum Gasteiger partial charge on any atom is 0.410 e. The zero-order valence-electron chi connectivity index (χ0n) is 14.7. The molecule has 0 saturated carbocycles. The van der Waals surface area contributed by atoms with Gasteiger partial charge in [0.1, 0.15) is 11.8 Å². The van der Waals surface area contributed by atoms with Gasteiger partial charge in [-0.3, -0.25) is 0 Å². The van der Waals surface area contributed by atoms with Crippen molar-refractivity contribution in [1.29, 1.82) is 0 Å². The largest absolute Gasteiger partial charge is 0.870 e. The zero-order valence-corrected chi connectivity index (χ0v) is 14.7. The molecular weight excluding hydrogens is 312 g/mol. The van der Waals surface area contributed by atoms with Crippen molar-refractivity contribution in [3.63, 3.8) is 0 Å². The summed E-state index contributed by atoms with van der Waals surface area (Å²) in [7, 11) is 0. The van der Waals surface area contributed by atoms with Crippen molar-refractivity contribution in [2.75, 3.05) is 24.5 Å². The Labute approximate surface area is 142 Å². The van der Waals surface area contributed by atoms with Crippen LogP contribution in [-0.4, -0.2) is 47.7 Å². The number of H-pyrrole nitrogens is 1. The normalized spacial score (nSPS) is 17.9. The van der Waals surface area contributed by atoms with Crippen molar-refractivity contribution in [3.05, 3.63) is 23.2 Å². The fourth-order valence-electron chi connectivity index (χ4n) is 2.68. The quantitative estimate of drug-likeness (QED) is 0.787. The van der Waals surface area contributed by atoms with E-state index < -0.39 is 5.60 Å². The molecule has 1 amide bonds. The molecule has 1 fully saturated rings. The van der Waals surface area contributed by atoms with Crippen LogP contribution in [0, 0.1) is 4.91 Å². The number of nitrogens with zero attached hydrogens (tertiary/aromatic N) is 3. The first-order chi connectivity index (χ1) is 10.8. The van der Waals surface area contributed by atoms with Crippen LogP contribution in [0.5, 0.6) is 0 Å². The minimum atomic E-state index is -0.484. The fourth-order valence-corrected chi connectivity index (χ4v) is 2.68. The molecule has 24 heavy (non-hydrogen) atoms. The molecule has 1 aromatic rings. The highest BCUT2D eigenvalue weighted by Crippen LogP contribution is 2.23. The molecule has 0 aromatic carbocycles. The molecule has 2 rings (SSSR count). The first-order valence-corrected chi connectivity index (χ1v) is 7.93. The molecule has 0 bridgehead atoms. The monoisotopic (exact) mass is 338 g/mol. The van der Waals surface area contributed by atoms with Crippen molar-refractivity contribution in [1.82, 2.24) is 4.90 Å². The van der Waals surface area contributed by atoms with Gasteiger partial charge in [-0.15, -0.1) is 0 Å². The average molecular weight is 338 g/mol. The first-order valence-electron chi connectivity index (χ1n) is 7.93. The lowest BCUT2D eigenvalue weighted by Crippen LogP contribution is -2.55.